The van der Waals surface area contributed by atoms with E-state index in [1.54, 1.807) is 26.4 Å². The summed E-state index contributed by atoms with van der Waals surface area (Å²) >= 11 is 0. The molecule has 0 aliphatic heterocycles. The van der Waals surface area contributed by atoms with Crippen molar-refractivity contribution in [2.24, 2.45) is 0 Å². The molecule has 0 aliphatic carbocycles. The topological polar surface area (TPSA) is 54.0 Å². The molecule has 0 N–H and O–H groups in total. The third-order valence-corrected chi connectivity index (χ3v) is 20.8. The molecule has 0 heterocycles. The summed E-state index contributed by atoms with van der Waals surface area (Å²) in [5.74, 6) is 2.48. The van der Waals surface area contributed by atoms with E-state index in [0.717, 1.165) is 0 Å². The summed E-state index contributed by atoms with van der Waals surface area (Å²) in [4.78, 5) is 13.6. The summed E-state index contributed by atoms with van der Waals surface area (Å²) in [6.45, 7) is 27.1. The fourth-order valence-corrected chi connectivity index (χ4v) is 17.6. The molecule has 0 unspecified atom stereocenters. The van der Waals surface area contributed by atoms with Crippen molar-refractivity contribution < 1.29 is 23.1 Å². The lowest BCUT2D eigenvalue weighted by Crippen LogP contribution is -2.50. The van der Waals surface area contributed by atoms with Crippen LogP contribution in [0.2, 0.25) is 33.2 Å². The van der Waals surface area contributed by atoms with E-state index in [0.29, 0.717) is 67.4 Å². The molecule has 0 bridgehead atoms. The van der Waals surface area contributed by atoms with E-state index in [1.165, 1.54) is 0 Å². The van der Waals surface area contributed by atoms with Gasteiger partial charge in [-0.25, -0.2) is 0 Å². The van der Waals surface area contributed by atoms with Crippen molar-refractivity contribution in [2.45, 2.75) is 116 Å². The van der Waals surface area contributed by atoms with E-state index >= 15 is 0 Å². The lowest BCUT2D eigenvalue weighted by Gasteiger charge is -2.42. The largest absolute Gasteiger partial charge is 0.540 e. The highest BCUT2D eigenvalue weighted by molar-refractivity contribution is 6.78. The number of benzene rings is 2. The highest BCUT2D eigenvalue weighted by Crippen LogP contribution is 2.46. The minimum absolute atomic E-state index is 0.102. The van der Waals surface area contributed by atoms with E-state index in [9.17, 15) is 4.79 Å². The van der Waals surface area contributed by atoms with Gasteiger partial charge in [0.15, 0.2) is 17.3 Å². The van der Waals surface area contributed by atoms with Gasteiger partial charge in [-0.2, -0.15) is 0 Å². The Morgan fingerprint density at radius 1 is 0.500 bits per heavy atom. The monoisotopic (exact) mass is 586 g/mol. The fourth-order valence-electron chi connectivity index (χ4n) is 7.04. The molecule has 224 valence electrons. The lowest BCUT2D eigenvalue weighted by atomic mass is 10.0. The molecule has 0 saturated carbocycles. The van der Waals surface area contributed by atoms with Crippen molar-refractivity contribution in [2.75, 3.05) is 14.2 Å². The minimum atomic E-state index is -2.18. The molecule has 0 atom stereocenters. The van der Waals surface area contributed by atoms with Gasteiger partial charge in [0.1, 0.15) is 11.5 Å². The summed E-state index contributed by atoms with van der Waals surface area (Å²) in [7, 11) is -1.10. The molecular weight excluding hydrogens is 533 g/mol. The Kier molecular flexibility index (Phi) is 11.5. The number of methoxy groups -OCH3 is 2. The zero-order valence-electron chi connectivity index (χ0n) is 27.5. The SMILES string of the molecule is COc1cc(C(=O)c2ccc(O[Si](C(C)C)(C(C)C)C(C)C)c(OC)c2)ccc1O[Si](C(C)C)(C(C)C)C(C)C. The van der Waals surface area contributed by atoms with E-state index < -0.39 is 16.6 Å². The molecule has 0 radical (unpaired) electrons. The first-order valence-corrected chi connectivity index (χ1v) is 19.2. The number of hydrogen-bond acceptors (Lipinski definition) is 5. The van der Waals surface area contributed by atoms with Crippen molar-refractivity contribution in [3.63, 3.8) is 0 Å². The predicted octanol–water partition coefficient (Wildman–Crippen LogP) is 10.0. The summed E-state index contributed by atoms with van der Waals surface area (Å²) in [5, 5.41) is 0. The molecular formula is C33H54O5Si2. The van der Waals surface area contributed by atoms with Crippen LogP contribution >= 0.6 is 0 Å². The van der Waals surface area contributed by atoms with Crippen LogP contribution in [0.4, 0.5) is 0 Å². The highest BCUT2D eigenvalue weighted by Gasteiger charge is 2.48. The Morgan fingerprint density at radius 3 is 1.00 bits per heavy atom. The second-order valence-corrected chi connectivity index (χ2v) is 23.7. The van der Waals surface area contributed by atoms with Crippen molar-refractivity contribution >= 4 is 22.4 Å². The molecule has 0 amide bonds. The van der Waals surface area contributed by atoms with Gasteiger partial charge < -0.3 is 18.3 Å². The Morgan fingerprint density at radius 2 is 0.775 bits per heavy atom. The van der Waals surface area contributed by atoms with Crippen LogP contribution in [0, 0.1) is 0 Å². The van der Waals surface area contributed by atoms with Gasteiger partial charge in [0.25, 0.3) is 16.6 Å². The standard InChI is InChI=1S/C33H54O5Si2/c1-21(2)39(22(3)4,23(5)6)37-29-17-15-27(19-31(29)35-13)33(34)28-16-18-30(32(20-28)36-14)38-40(24(7)8,25(9)10)26(11)12/h15-26H,1-14H3. The third kappa shape index (κ3) is 6.46. The van der Waals surface area contributed by atoms with Gasteiger partial charge in [-0.05, 0) is 69.6 Å². The van der Waals surface area contributed by atoms with E-state index in [2.05, 4.69) is 83.1 Å². The molecule has 40 heavy (non-hydrogen) atoms. The normalized spacial score (nSPS) is 12.7. The number of carbonyl (C=O) groups excluding carboxylic acids is 1. The maximum absolute atomic E-state index is 13.6. The first-order valence-electron chi connectivity index (χ1n) is 14.9. The van der Waals surface area contributed by atoms with Crippen LogP contribution in [0.1, 0.15) is 99.0 Å². The van der Waals surface area contributed by atoms with Gasteiger partial charge >= 0.3 is 0 Å². The molecule has 0 saturated heterocycles. The average molecular weight is 587 g/mol. The molecule has 5 nitrogen and oxygen atoms in total. The number of hydrogen-bond donors (Lipinski definition) is 0. The van der Waals surface area contributed by atoms with Crippen LogP contribution in [0.25, 0.3) is 0 Å². The van der Waals surface area contributed by atoms with E-state index in [-0.39, 0.29) is 5.78 Å². The van der Waals surface area contributed by atoms with Gasteiger partial charge in [-0.1, -0.05) is 83.1 Å². The van der Waals surface area contributed by atoms with Crippen LogP contribution in [0.5, 0.6) is 23.0 Å². The first kappa shape index (κ1) is 33.9. The molecule has 2 rings (SSSR count). The lowest BCUT2D eigenvalue weighted by molar-refractivity contribution is 0.103. The maximum Gasteiger partial charge on any atom is 0.258 e. The van der Waals surface area contributed by atoms with Crippen LogP contribution in [0.15, 0.2) is 36.4 Å². The minimum Gasteiger partial charge on any atom is -0.540 e. The Balaban J connectivity index is 2.48. The third-order valence-electron chi connectivity index (χ3n) is 8.84. The number of carbonyl (C=O) groups is 1. The second kappa shape index (κ2) is 13.6. The van der Waals surface area contributed by atoms with Crippen LogP contribution in [-0.2, 0) is 0 Å². The van der Waals surface area contributed by atoms with Crippen molar-refractivity contribution in [3.05, 3.63) is 47.5 Å². The molecule has 7 heteroatoms. The summed E-state index contributed by atoms with van der Waals surface area (Å²) in [6.07, 6.45) is 0. The summed E-state index contributed by atoms with van der Waals surface area (Å²) in [6, 6.07) is 11.1. The van der Waals surface area contributed by atoms with Crippen molar-refractivity contribution in [1.82, 2.24) is 0 Å². The molecule has 0 aromatic heterocycles. The van der Waals surface area contributed by atoms with Crippen LogP contribution in [0.3, 0.4) is 0 Å². The van der Waals surface area contributed by atoms with Crippen molar-refractivity contribution in [3.8, 4) is 23.0 Å². The predicted molar refractivity (Wildman–Crippen MR) is 173 cm³/mol. The number of rotatable bonds is 14. The molecule has 0 aliphatic rings. The van der Waals surface area contributed by atoms with Gasteiger partial charge in [0, 0.05) is 11.1 Å². The summed E-state index contributed by atoms with van der Waals surface area (Å²) < 4.78 is 25.2. The maximum atomic E-state index is 13.6. The zero-order valence-corrected chi connectivity index (χ0v) is 29.5. The van der Waals surface area contributed by atoms with Crippen molar-refractivity contribution in [1.29, 1.82) is 0 Å². The molecule has 2 aromatic carbocycles. The zero-order chi connectivity index (χ0) is 30.6. The fraction of sp³-hybridized carbons (Fsp3) is 0.606. The van der Waals surface area contributed by atoms with Crippen LogP contribution < -0.4 is 18.3 Å². The molecule has 0 fully saturated rings. The average Bonchev–Trinajstić information content (AvgIpc) is 2.88. The first-order chi connectivity index (χ1) is 18.6. The van der Waals surface area contributed by atoms with E-state index in [1.807, 2.05) is 24.3 Å². The Labute approximate surface area is 246 Å². The van der Waals surface area contributed by atoms with Crippen LogP contribution in [-0.4, -0.2) is 36.6 Å². The van der Waals surface area contributed by atoms with Gasteiger partial charge in [0.05, 0.1) is 14.2 Å². The van der Waals surface area contributed by atoms with Gasteiger partial charge in [-0.15, -0.1) is 0 Å². The highest BCUT2D eigenvalue weighted by atomic mass is 28.4. The smallest absolute Gasteiger partial charge is 0.258 e. The Bertz CT molecular complexity index is 1010. The number of ether oxygens (including phenoxy) is 2. The van der Waals surface area contributed by atoms with Gasteiger partial charge in [-0.3, -0.25) is 4.79 Å². The van der Waals surface area contributed by atoms with E-state index in [4.69, 9.17) is 18.3 Å². The molecule has 2 aromatic rings. The number of ketones is 1. The quantitative estimate of drug-likeness (QED) is 0.163. The second-order valence-electron chi connectivity index (χ2n) is 12.9. The van der Waals surface area contributed by atoms with Gasteiger partial charge in [0.2, 0.25) is 0 Å². The Hall–Kier alpha value is -2.26. The molecule has 0 spiro atoms. The summed E-state index contributed by atoms with van der Waals surface area (Å²) in [5.41, 5.74) is 3.64.